The Morgan fingerprint density at radius 2 is 1.83 bits per heavy atom. The quantitative estimate of drug-likeness (QED) is 0.507. The molecule has 3 atom stereocenters. The van der Waals surface area contributed by atoms with Crippen LogP contribution in [0.1, 0.15) is 32.9 Å². The molecule has 1 saturated heterocycles. The summed E-state index contributed by atoms with van der Waals surface area (Å²) in [6.45, 7) is 2.30. The second-order valence-corrected chi connectivity index (χ2v) is 10.00. The molecule has 1 aliphatic carbocycles. The number of rotatable bonds is 4. The number of likely N-dealkylation sites (tertiary alicyclic amines) is 1. The molecule has 11 heteroatoms. The lowest BCUT2D eigenvalue weighted by Crippen LogP contribution is -2.32. The van der Waals surface area contributed by atoms with E-state index in [9.17, 15) is 27.9 Å². The molecule has 35 heavy (non-hydrogen) atoms. The minimum absolute atomic E-state index is 0.0353. The molecular formula is C24H20Cl2F3N3O3. The Morgan fingerprint density at radius 1 is 1.17 bits per heavy atom. The van der Waals surface area contributed by atoms with Crippen LogP contribution in [0, 0.1) is 24.7 Å². The van der Waals surface area contributed by atoms with Crippen molar-refractivity contribution < 1.29 is 27.9 Å². The number of alkyl halides is 3. The zero-order chi connectivity index (χ0) is 25.4. The number of fused-ring (bicyclic) bond motifs is 2. The standard InChI is InChI=1S/C24H20Cl2F3N3O3/c1-10-5-11(24(27,28)29)6-17-21(10)30-18(31(17)2)7-13-16(25)4-3-12(20(13)26)22(33)32-8-14-15(9-32)19(14)23(34)35/h3-6,14-15,19H,7-9H2,1-2H3,(H,34,35)/t14-,15+,19+. The molecule has 1 N–H and O–H groups in total. The highest BCUT2D eigenvalue weighted by atomic mass is 35.5. The number of aliphatic carboxylic acids is 1. The first kappa shape index (κ1) is 23.9. The van der Waals surface area contributed by atoms with E-state index in [2.05, 4.69) is 4.98 Å². The minimum atomic E-state index is -4.48. The molecule has 1 aliphatic heterocycles. The van der Waals surface area contributed by atoms with Crippen molar-refractivity contribution in [3.05, 3.63) is 62.4 Å². The van der Waals surface area contributed by atoms with Crippen LogP contribution in [0.3, 0.4) is 0 Å². The van der Waals surface area contributed by atoms with Crippen molar-refractivity contribution >= 4 is 46.1 Å². The Labute approximate surface area is 208 Å². The van der Waals surface area contributed by atoms with Crippen LogP contribution in [-0.4, -0.2) is 44.5 Å². The lowest BCUT2D eigenvalue weighted by atomic mass is 10.1. The summed E-state index contributed by atoms with van der Waals surface area (Å²) < 4.78 is 41.4. The first-order valence-electron chi connectivity index (χ1n) is 10.9. The van der Waals surface area contributed by atoms with Gasteiger partial charge in [-0.1, -0.05) is 23.2 Å². The Morgan fingerprint density at radius 3 is 2.43 bits per heavy atom. The zero-order valence-electron chi connectivity index (χ0n) is 18.7. The maximum atomic E-state index is 13.3. The van der Waals surface area contributed by atoms with Gasteiger partial charge in [0.15, 0.2) is 0 Å². The molecule has 2 heterocycles. The fraction of sp³-hybridized carbons (Fsp3) is 0.375. The minimum Gasteiger partial charge on any atom is -0.481 e. The van der Waals surface area contributed by atoms with Crippen LogP contribution in [0.15, 0.2) is 24.3 Å². The maximum absolute atomic E-state index is 13.3. The number of carboxylic acid groups (broad SMARTS) is 1. The number of hydrogen-bond donors (Lipinski definition) is 1. The van der Waals surface area contributed by atoms with Gasteiger partial charge in [-0.3, -0.25) is 9.59 Å². The third kappa shape index (κ3) is 3.94. The molecule has 2 aliphatic rings. The number of nitrogens with zero attached hydrogens (tertiary/aromatic N) is 3. The molecule has 1 amide bonds. The van der Waals surface area contributed by atoms with Crippen molar-refractivity contribution in [3.63, 3.8) is 0 Å². The van der Waals surface area contributed by atoms with Crippen LogP contribution in [0.2, 0.25) is 10.0 Å². The van der Waals surface area contributed by atoms with Gasteiger partial charge in [0, 0.05) is 31.6 Å². The molecule has 6 nitrogen and oxygen atoms in total. The molecule has 1 saturated carbocycles. The largest absolute Gasteiger partial charge is 0.481 e. The monoisotopic (exact) mass is 525 g/mol. The van der Waals surface area contributed by atoms with Crippen LogP contribution in [0.4, 0.5) is 13.2 Å². The fourth-order valence-electron chi connectivity index (χ4n) is 5.14. The summed E-state index contributed by atoms with van der Waals surface area (Å²) in [7, 11) is 1.62. The van der Waals surface area contributed by atoms with Crippen LogP contribution < -0.4 is 0 Å². The molecular weight excluding hydrogens is 506 g/mol. The maximum Gasteiger partial charge on any atom is 0.416 e. The smallest absolute Gasteiger partial charge is 0.416 e. The number of carbonyl (C=O) groups is 2. The highest BCUT2D eigenvalue weighted by Gasteiger charge is 2.60. The number of halogens is 5. The van der Waals surface area contributed by atoms with Crippen LogP contribution >= 0.6 is 23.2 Å². The predicted molar refractivity (Wildman–Crippen MR) is 124 cm³/mol. The lowest BCUT2D eigenvalue weighted by molar-refractivity contribution is -0.139. The van der Waals surface area contributed by atoms with E-state index >= 15 is 0 Å². The highest BCUT2D eigenvalue weighted by molar-refractivity contribution is 6.38. The lowest BCUT2D eigenvalue weighted by Gasteiger charge is -2.21. The van der Waals surface area contributed by atoms with Crippen molar-refractivity contribution in [1.82, 2.24) is 14.5 Å². The number of aromatic nitrogens is 2. The molecule has 0 radical (unpaired) electrons. The van der Waals surface area contributed by atoms with Crippen LogP contribution in [0.5, 0.6) is 0 Å². The number of amides is 1. The number of carbonyl (C=O) groups excluding carboxylic acids is 1. The Kier molecular flexibility index (Phi) is 5.56. The molecule has 0 bridgehead atoms. The van der Waals surface area contributed by atoms with E-state index in [0.29, 0.717) is 46.1 Å². The summed E-state index contributed by atoms with van der Waals surface area (Å²) >= 11 is 13.0. The number of imidazole rings is 1. The van der Waals surface area contributed by atoms with Crippen molar-refractivity contribution in [2.75, 3.05) is 13.1 Å². The third-order valence-corrected chi connectivity index (χ3v) is 7.90. The van der Waals surface area contributed by atoms with Gasteiger partial charge in [0.05, 0.1) is 33.1 Å². The van der Waals surface area contributed by atoms with Crippen molar-refractivity contribution in [2.24, 2.45) is 24.8 Å². The normalized spacial score (nSPS) is 21.5. The van der Waals surface area contributed by atoms with Gasteiger partial charge in [0.25, 0.3) is 5.91 Å². The summed E-state index contributed by atoms with van der Waals surface area (Å²) in [5.41, 5.74) is 1.10. The van der Waals surface area contributed by atoms with Crippen molar-refractivity contribution in [3.8, 4) is 0 Å². The van der Waals surface area contributed by atoms with Gasteiger partial charge in [-0.2, -0.15) is 13.2 Å². The van der Waals surface area contributed by atoms with E-state index in [-0.39, 0.29) is 34.7 Å². The number of hydrogen-bond acceptors (Lipinski definition) is 3. The summed E-state index contributed by atoms with van der Waals surface area (Å²) in [6, 6.07) is 5.21. The van der Waals surface area contributed by atoms with Gasteiger partial charge in [-0.25, -0.2) is 4.98 Å². The number of carboxylic acids is 1. The summed E-state index contributed by atoms with van der Waals surface area (Å²) in [4.78, 5) is 30.5. The van der Waals surface area contributed by atoms with E-state index in [1.165, 1.54) is 6.07 Å². The molecule has 0 unspecified atom stereocenters. The average molecular weight is 526 g/mol. The highest BCUT2D eigenvalue weighted by Crippen LogP contribution is 2.52. The molecule has 0 spiro atoms. The molecule has 1 aromatic heterocycles. The first-order valence-corrected chi connectivity index (χ1v) is 11.7. The molecule has 3 aromatic rings. The third-order valence-electron chi connectivity index (χ3n) is 7.11. The van der Waals surface area contributed by atoms with E-state index in [4.69, 9.17) is 23.2 Å². The van der Waals surface area contributed by atoms with Gasteiger partial charge < -0.3 is 14.6 Å². The summed E-state index contributed by atoms with van der Waals surface area (Å²) in [6.07, 6.45) is -4.37. The topological polar surface area (TPSA) is 75.4 Å². The van der Waals surface area contributed by atoms with Crippen molar-refractivity contribution in [1.29, 1.82) is 0 Å². The van der Waals surface area contributed by atoms with E-state index in [0.717, 1.165) is 12.1 Å². The van der Waals surface area contributed by atoms with Crippen LogP contribution in [-0.2, 0) is 24.4 Å². The Balaban J connectivity index is 1.45. The average Bonchev–Trinajstić information content (AvgIpc) is 3.11. The summed E-state index contributed by atoms with van der Waals surface area (Å²) in [5.74, 6) is -1.16. The number of piperidine rings is 1. The van der Waals surface area contributed by atoms with Crippen LogP contribution in [0.25, 0.3) is 11.0 Å². The Bertz CT molecular complexity index is 1390. The molecule has 2 aromatic carbocycles. The second kappa shape index (κ2) is 8.13. The van der Waals surface area contributed by atoms with Gasteiger partial charge in [0.1, 0.15) is 5.82 Å². The number of aryl methyl sites for hydroxylation is 2. The van der Waals surface area contributed by atoms with E-state index < -0.39 is 23.6 Å². The molecule has 5 rings (SSSR count). The zero-order valence-corrected chi connectivity index (χ0v) is 20.2. The first-order chi connectivity index (χ1) is 16.4. The number of benzene rings is 2. The van der Waals surface area contributed by atoms with Gasteiger partial charge in [-0.05, 0) is 54.2 Å². The SMILES string of the molecule is Cc1cc(C(F)(F)F)cc2c1nc(Cc1c(Cl)ccc(C(=O)N3C[C@@H]4[C@H](C3)[C@H]4C(=O)O)c1Cl)n2C. The Hall–Kier alpha value is -2.78. The summed E-state index contributed by atoms with van der Waals surface area (Å²) in [5, 5.41) is 9.65. The van der Waals surface area contributed by atoms with Gasteiger partial charge >= 0.3 is 12.1 Å². The molecule has 184 valence electrons. The van der Waals surface area contributed by atoms with Gasteiger partial charge in [0.2, 0.25) is 0 Å². The molecule has 2 fully saturated rings. The fourth-order valence-corrected chi connectivity index (χ4v) is 5.72. The van der Waals surface area contributed by atoms with Crippen molar-refractivity contribution in [2.45, 2.75) is 19.5 Å². The van der Waals surface area contributed by atoms with Gasteiger partial charge in [-0.15, -0.1) is 0 Å². The second-order valence-electron chi connectivity index (χ2n) is 9.21. The van der Waals surface area contributed by atoms with E-state index in [1.54, 1.807) is 29.5 Å². The van der Waals surface area contributed by atoms with E-state index in [1.807, 2.05) is 0 Å². The predicted octanol–water partition coefficient (Wildman–Crippen LogP) is 5.20.